The van der Waals surface area contributed by atoms with Crippen molar-refractivity contribution in [2.24, 2.45) is 0 Å². The average molecular weight is 366 g/mol. The van der Waals surface area contributed by atoms with Crippen molar-refractivity contribution in [2.75, 3.05) is 18.5 Å². The second-order valence-electron chi connectivity index (χ2n) is 6.64. The third-order valence-electron chi connectivity index (χ3n) is 4.45. The third kappa shape index (κ3) is 3.40. The van der Waals surface area contributed by atoms with Crippen LogP contribution in [0.3, 0.4) is 0 Å². The van der Waals surface area contributed by atoms with Gasteiger partial charge in [0.15, 0.2) is 16.6 Å². The van der Waals surface area contributed by atoms with E-state index in [1.165, 1.54) is 16.7 Å². The van der Waals surface area contributed by atoms with Crippen molar-refractivity contribution in [2.45, 2.75) is 27.2 Å². The lowest BCUT2D eigenvalue weighted by Gasteiger charge is -2.11. The first-order valence-corrected chi connectivity index (χ1v) is 9.62. The van der Waals surface area contributed by atoms with E-state index in [0.717, 1.165) is 39.2 Å². The van der Waals surface area contributed by atoms with Gasteiger partial charge in [0.25, 0.3) is 0 Å². The van der Waals surface area contributed by atoms with Gasteiger partial charge < -0.3 is 14.8 Å². The lowest BCUT2D eigenvalue weighted by molar-refractivity contribution is 0.297. The summed E-state index contributed by atoms with van der Waals surface area (Å²) >= 11 is 1.64. The molecule has 0 unspecified atom stereocenters. The summed E-state index contributed by atoms with van der Waals surface area (Å²) in [7, 11) is 0. The minimum Gasteiger partial charge on any atom is -0.490 e. The lowest BCUT2D eigenvalue weighted by atomic mass is 10.1. The maximum atomic E-state index is 5.80. The molecule has 1 aromatic heterocycles. The fraction of sp³-hybridized carbons (Fsp3) is 0.286. The smallest absolute Gasteiger partial charge is 0.187 e. The van der Waals surface area contributed by atoms with Gasteiger partial charge in [-0.2, -0.15) is 0 Å². The number of aromatic nitrogens is 1. The number of aryl methyl sites for hydroxylation is 3. The fourth-order valence-corrected chi connectivity index (χ4v) is 4.08. The molecule has 0 spiro atoms. The topological polar surface area (TPSA) is 43.4 Å². The monoisotopic (exact) mass is 366 g/mol. The minimum atomic E-state index is 0.692. The highest BCUT2D eigenvalue weighted by molar-refractivity contribution is 7.18. The highest BCUT2D eigenvalue weighted by Gasteiger charge is 2.13. The number of hydrogen-bond donors (Lipinski definition) is 1. The third-order valence-corrected chi connectivity index (χ3v) is 5.41. The van der Waals surface area contributed by atoms with Crippen LogP contribution in [-0.4, -0.2) is 18.2 Å². The maximum absolute atomic E-state index is 5.80. The number of benzene rings is 2. The summed E-state index contributed by atoms with van der Waals surface area (Å²) in [5, 5.41) is 4.37. The minimum absolute atomic E-state index is 0.692. The summed E-state index contributed by atoms with van der Waals surface area (Å²) in [5.74, 6) is 1.63. The van der Waals surface area contributed by atoms with E-state index in [1.54, 1.807) is 11.3 Å². The summed E-state index contributed by atoms with van der Waals surface area (Å²) in [5.41, 5.74) is 5.97. The van der Waals surface area contributed by atoms with Crippen LogP contribution in [0.25, 0.3) is 10.4 Å². The van der Waals surface area contributed by atoms with Gasteiger partial charge in [0, 0.05) is 18.3 Å². The second-order valence-corrected chi connectivity index (χ2v) is 7.67. The molecule has 1 aliphatic rings. The zero-order valence-electron chi connectivity index (χ0n) is 15.3. The molecule has 0 bridgehead atoms. The van der Waals surface area contributed by atoms with Gasteiger partial charge in [0.2, 0.25) is 0 Å². The van der Waals surface area contributed by atoms with Crippen LogP contribution >= 0.6 is 11.3 Å². The highest BCUT2D eigenvalue weighted by atomic mass is 32.1. The second kappa shape index (κ2) is 7.00. The summed E-state index contributed by atoms with van der Waals surface area (Å²) in [4.78, 5) is 5.66. The normalized spacial score (nSPS) is 13.3. The van der Waals surface area contributed by atoms with Crippen molar-refractivity contribution in [3.05, 3.63) is 53.2 Å². The number of rotatable bonds is 3. The van der Waals surface area contributed by atoms with Gasteiger partial charge in [-0.1, -0.05) is 29.0 Å². The zero-order valence-corrected chi connectivity index (χ0v) is 16.1. The van der Waals surface area contributed by atoms with Crippen LogP contribution in [0, 0.1) is 20.8 Å². The molecule has 134 valence electrons. The summed E-state index contributed by atoms with van der Waals surface area (Å²) in [6.45, 7) is 7.77. The molecule has 3 aromatic rings. The number of anilines is 2. The van der Waals surface area contributed by atoms with E-state index in [9.17, 15) is 0 Å². The summed E-state index contributed by atoms with van der Waals surface area (Å²) < 4.78 is 11.5. The van der Waals surface area contributed by atoms with Gasteiger partial charge in [-0.3, -0.25) is 0 Å². The predicted molar refractivity (Wildman–Crippen MR) is 107 cm³/mol. The van der Waals surface area contributed by atoms with Crippen molar-refractivity contribution in [1.82, 2.24) is 4.98 Å². The molecular formula is C21H22N2O2S. The molecule has 4 nitrogen and oxygen atoms in total. The molecule has 1 N–H and O–H groups in total. The van der Waals surface area contributed by atoms with Crippen molar-refractivity contribution >= 4 is 22.2 Å². The molecule has 5 heteroatoms. The van der Waals surface area contributed by atoms with Gasteiger partial charge in [-0.15, -0.1) is 0 Å². The standard InChI is InChI=1S/C21H22N2O2S/c1-13-9-14(2)20(15(3)10-13)23-21-22-12-19(26-21)16-5-6-17-18(11-16)25-8-4-7-24-17/h5-6,9-12H,4,7-8H2,1-3H3,(H,22,23). The summed E-state index contributed by atoms with van der Waals surface area (Å²) in [6.07, 6.45) is 2.82. The Kier molecular flexibility index (Phi) is 4.55. The molecular weight excluding hydrogens is 344 g/mol. The van der Waals surface area contributed by atoms with E-state index in [4.69, 9.17) is 9.47 Å². The molecule has 2 aromatic carbocycles. The van der Waals surface area contributed by atoms with Gasteiger partial charge in [0.05, 0.1) is 18.1 Å². The Hall–Kier alpha value is -2.53. The first-order valence-electron chi connectivity index (χ1n) is 8.81. The van der Waals surface area contributed by atoms with Gasteiger partial charge in [0.1, 0.15) is 0 Å². The van der Waals surface area contributed by atoms with Gasteiger partial charge >= 0.3 is 0 Å². The molecule has 0 amide bonds. The molecule has 2 heterocycles. The largest absolute Gasteiger partial charge is 0.490 e. The first-order chi connectivity index (χ1) is 12.6. The number of hydrogen-bond acceptors (Lipinski definition) is 5. The Bertz CT molecular complexity index is 926. The number of nitrogens with one attached hydrogen (secondary N) is 1. The van der Waals surface area contributed by atoms with Crippen LogP contribution in [0.15, 0.2) is 36.5 Å². The first kappa shape index (κ1) is 16.9. The number of nitrogens with zero attached hydrogens (tertiary/aromatic N) is 1. The quantitative estimate of drug-likeness (QED) is 0.651. The van der Waals surface area contributed by atoms with Crippen LogP contribution in [-0.2, 0) is 0 Å². The van der Waals surface area contributed by atoms with E-state index in [-0.39, 0.29) is 0 Å². The van der Waals surface area contributed by atoms with Crippen LogP contribution in [0.1, 0.15) is 23.1 Å². The molecule has 0 aliphatic carbocycles. The maximum Gasteiger partial charge on any atom is 0.187 e. The number of fused-ring (bicyclic) bond motifs is 1. The Morgan fingerprint density at radius 1 is 0.962 bits per heavy atom. The van der Waals surface area contributed by atoms with E-state index in [1.807, 2.05) is 18.3 Å². The number of thiazole rings is 1. The summed E-state index contributed by atoms with van der Waals surface area (Å²) in [6, 6.07) is 10.5. The van der Waals surface area contributed by atoms with E-state index >= 15 is 0 Å². The van der Waals surface area contributed by atoms with Crippen molar-refractivity contribution in [3.8, 4) is 21.9 Å². The highest BCUT2D eigenvalue weighted by Crippen LogP contribution is 2.38. The molecule has 0 saturated heterocycles. The Balaban J connectivity index is 1.60. The SMILES string of the molecule is Cc1cc(C)c(Nc2ncc(-c3ccc4c(c3)OCCCO4)s2)c(C)c1. The van der Waals surface area contributed by atoms with Crippen molar-refractivity contribution in [1.29, 1.82) is 0 Å². The Morgan fingerprint density at radius 2 is 1.69 bits per heavy atom. The Morgan fingerprint density at radius 3 is 2.46 bits per heavy atom. The molecule has 0 saturated carbocycles. The molecule has 4 rings (SSSR count). The van der Waals surface area contributed by atoms with Crippen molar-refractivity contribution in [3.63, 3.8) is 0 Å². The molecule has 1 aliphatic heterocycles. The fourth-order valence-electron chi connectivity index (χ4n) is 3.27. The van der Waals surface area contributed by atoms with E-state index in [0.29, 0.717) is 13.2 Å². The number of ether oxygens (including phenoxy) is 2. The van der Waals surface area contributed by atoms with Crippen molar-refractivity contribution < 1.29 is 9.47 Å². The lowest BCUT2D eigenvalue weighted by Crippen LogP contribution is -1.97. The van der Waals surface area contributed by atoms with E-state index < -0.39 is 0 Å². The van der Waals surface area contributed by atoms with Crippen LogP contribution in [0.5, 0.6) is 11.5 Å². The molecule has 0 atom stereocenters. The van der Waals surface area contributed by atoms with Crippen LogP contribution in [0.4, 0.5) is 10.8 Å². The predicted octanol–water partition coefficient (Wildman–Crippen LogP) is 5.64. The van der Waals surface area contributed by atoms with Crippen LogP contribution < -0.4 is 14.8 Å². The molecule has 0 fully saturated rings. The van der Waals surface area contributed by atoms with E-state index in [2.05, 4.69) is 49.3 Å². The zero-order chi connectivity index (χ0) is 18.1. The average Bonchev–Trinajstić information content (AvgIpc) is 2.94. The molecule has 0 radical (unpaired) electrons. The molecule has 26 heavy (non-hydrogen) atoms. The van der Waals surface area contributed by atoms with Gasteiger partial charge in [-0.05, 0) is 55.7 Å². The Labute approximate surface area is 157 Å². The van der Waals surface area contributed by atoms with Gasteiger partial charge in [-0.25, -0.2) is 4.98 Å². The van der Waals surface area contributed by atoms with Crippen LogP contribution in [0.2, 0.25) is 0 Å².